The number of fused-ring (bicyclic) bond motifs is 1. The molecule has 3 rings (SSSR count). The predicted molar refractivity (Wildman–Crippen MR) is 66.3 cm³/mol. The Labute approximate surface area is 105 Å². The van der Waals surface area contributed by atoms with Crippen molar-refractivity contribution in [1.29, 1.82) is 0 Å². The van der Waals surface area contributed by atoms with Crippen LogP contribution in [0.2, 0.25) is 0 Å². The minimum Gasteiger partial charge on any atom is -0.493 e. The van der Waals surface area contributed by atoms with Crippen molar-refractivity contribution in [2.75, 3.05) is 6.61 Å². The smallest absolute Gasteiger partial charge is 0.257 e. The summed E-state index contributed by atoms with van der Waals surface area (Å²) in [4.78, 5) is 4.35. The Hall–Kier alpha value is -1.88. The van der Waals surface area contributed by atoms with E-state index in [0.717, 1.165) is 24.3 Å². The summed E-state index contributed by atoms with van der Waals surface area (Å²) in [7, 11) is 0. The van der Waals surface area contributed by atoms with Gasteiger partial charge in [0, 0.05) is 24.4 Å². The number of nitrogens with two attached hydrogens (primary N) is 1. The van der Waals surface area contributed by atoms with Gasteiger partial charge in [0.25, 0.3) is 5.89 Å². The largest absolute Gasteiger partial charge is 0.493 e. The van der Waals surface area contributed by atoms with Crippen LogP contribution in [-0.4, -0.2) is 22.8 Å². The molecule has 1 aromatic carbocycles. The molecule has 0 radical (unpaired) electrons. The van der Waals surface area contributed by atoms with E-state index >= 15 is 0 Å². The van der Waals surface area contributed by atoms with Crippen LogP contribution in [0, 0.1) is 0 Å². The van der Waals surface area contributed by atoms with Gasteiger partial charge in [-0.25, -0.2) is 0 Å². The molecule has 1 atom stereocenters. The van der Waals surface area contributed by atoms with Crippen LogP contribution >= 0.6 is 0 Å². The Bertz CT molecular complexity index is 563. The van der Waals surface area contributed by atoms with Crippen molar-refractivity contribution in [2.45, 2.75) is 25.8 Å². The summed E-state index contributed by atoms with van der Waals surface area (Å²) in [6.45, 7) is 2.67. The van der Waals surface area contributed by atoms with Gasteiger partial charge in [0.2, 0.25) is 0 Å². The summed E-state index contributed by atoms with van der Waals surface area (Å²) < 4.78 is 10.7. The zero-order valence-electron chi connectivity index (χ0n) is 10.2. The lowest BCUT2D eigenvalue weighted by atomic mass is 10.1. The Morgan fingerprint density at radius 2 is 2.33 bits per heavy atom. The van der Waals surface area contributed by atoms with E-state index in [9.17, 15) is 0 Å². The normalized spacial score (nSPS) is 15.2. The van der Waals surface area contributed by atoms with Crippen LogP contribution in [-0.2, 0) is 12.8 Å². The molecular formula is C13H15N3O2. The molecule has 2 N–H and O–H groups in total. The molecule has 5 heteroatoms. The maximum Gasteiger partial charge on any atom is 0.257 e. The minimum atomic E-state index is 0.0314. The molecule has 0 saturated heterocycles. The van der Waals surface area contributed by atoms with Crippen LogP contribution in [0.15, 0.2) is 22.7 Å². The zero-order valence-corrected chi connectivity index (χ0v) is 10.2. The molecule has 0 fully saturated rings. The number of hydrogen-bond donors (Lipinski definition) is 1. The lowest BCUT2D eigenvalue weighted by Gasteiger charge is -1.99. The van der Waals surface area contributed by atoms with Crippen molar-refractivity contribution in [3.63, 3.8) is 0 Å². The van der Waals surface area contributed by atoms with Crippen molar-refractivity contribution in [3.05, 3.63) is 29.6 Å². The maximum atomic E-state index is 5.71. The third-order valence-electron chi connectivity index (χ3n) is 2.91. The van der Waals surface area contributed by atoms with Gasteiger partial charge in [-0.3, -0.25) is 0 Å². The molecule has 18 heavy (non-hydrogen) atoms. The second kappa shape index (κ2) is 4.42. The van der Waals surface area contributed by atoms with Gasteiger partial charge in [0.1, 0.15) is 5.75 Å². The summed E-state index contributed by atoms with van der Waals surface area (Å²) in [6, 6.07) is 5.97. The Kier molecular flexibility index (Phi) is 2.76. The summed E-state index contributed by atoms with van der Waals surface area (Å²) >= 11 is 0. The van der Waals surface area contributed by atoms with E-state index in [-0.39, 0.29) is 6.04 Å². The van der Waals surface area contributed by atoms with Crippen molar-refractivity contribution in [3.8, 4) is 17.2 Å². The fraction of sp³-hybridized carbons (Fsp3) is 0.385. The average molecular weight is 245 g/mol. The molecule has 1 unspecified atom stereocenters. The van der Waals surface area contributed by atoms with Crippen LogP contribution in [0.3, 0.4) is 0 Å². The number of benzene rings is 1. The molecule has 5 nitrogen and oxygen atoms in total. The Morgan fingerprint density at radius 1 is 1.44 bits per heavy atom. The zero-order chi connectivity index (χ0) is 12.5. The lowest BCUT2D eigenvalue weighted by molar-refractivity contribution is 0.357. The van der Waals surface area contributed by atoms with E-state index in [4.69, 9.17) is 15.0 Å². The molecule has 0 aliphatic carbocycles. The highest BCUT2D eigenvalue weighted by Crippen LogP contribution is 2.29. The average Bonchev–Trinajstić information content (AvgIpc) is 2.95. The van der Waals surface area contributed by atoms with Gasteiger partial charge >= 0.3 is 0 Å². The topological polar surface area (TPSA) is 74.2 Å². The number of hydrogen-bond acceptors (Lipinski definition) is 5. The SMILES string of the molecule is CC(N)Cc1noc(-c2ccc3c(c2)CCO3)n1. The van der Waals surface area contributed by atoms with E-state index in [2.05, 4.69) is 10.1 Å². The maximum absolute atomic E-state index is 5.71. The second-order valence-electron chi connectivity index (χ2n) is 4.62. The lowest BCUT2D eigenvalue weighted by Crippen LogP contribution is -2.18. The monoisotopic (exact) mass is 245 g/mol. The molecule has 1 aliphatic rings. The van der Waals surface area contributed by atoms with Crippen LogP contribution in [0.4, 0.5) is 0 Å². The van der Waals surface area contributed by atoms with E-state index in [1.54, 1.807) is 0 Å². The van der Waals surface area contributed by atoms with Gasteiger partial charge in [-0.15, -0.1) is 0 Å². The first kappa shape index (κ1) is 11.2. The quantitative estimate of drug-likeness (QED) is 0.888. The summed E-state index contributed by atoms with van der Waals surface area (Å²) in [5.74, 6) is 2.14. The predicted octanol–water partition coefficient (Wildman–Crippen LogP) is 1.56. The first-order valence-corrected chi connectivity index (χ1v) is 6.06. The Morgan fingerprint density at radius 3 is 3.17 bits per heavy atom. The van der Waals surface area contributed by atoms with E-state index in [1.165, 1.54) is 5.56 Å². The highest BCUT2D eigenvalue weighted by Gasteiger charge is 2.15. The second-order valence-corrected chi connectivity index (χ2v) is 4.62. The molecule has 0 saturated carbocycles. The third-order valence-corrected chi connectivity index (χ3v) is 2.91. The van der Waals surface area contributed by atoms with Crippen molar-refractivity contribution in [2.24, 2.45) is 5.73 Å². The van der Waals surface area contributed by atoms with Crippen molar-refractivity contribution < 1.29 is 9.26 Å². The summed E-state index contributed by atoms with van der Waals surface area (Å²) in [6.07, 6.45) is 1.56. The van der Waals surface area contributed by atoms with Gasteiger partial charge in [-0.1, -0.05) is 5.16 Å². The number of ether oxygens (including phenoxy) is 1. The first-order chi connectivity index (χ1) is 8.72. The van der Waals surface area contributed by atoms with Crippen LogP contribution in [0.25, 0.3) is 11.5 Å². The standard InChI is InChI=1S/C13H15N3O2/c1-8(14)6-12-15-13(18-16-12)10-2-3-11-9(7-10)4-5-17-11/h2-3,7-8H,4-6,14H2,1H3. The molecule has 0 bridgehead atoms. The summed E-state index contributed by atoms with van der Waals surface area (Å²) in [5.41, 5.74) is 7.83. The van der Waals surface area contributed by atoms with Crippen LogP contribution < -0.4 is 10.5 Å². The van der Waals surface area contributed by atoms with Gasteiger partial charge in [0.05, 0.1) is 6.61 Å². The molecule has 0 amide bonds. The van der Waals surface area contributed by atoms with Crippen LogP contribution in [0.5, 0.6) is 5.75 Å². The molecule has 2 heterocycles. The fourth-order valence-electron chi connectivity index (χ4n) is 2.06. The van der Waals surface area contributed by atoms with E-state index < -0.39 is 0 Å². The minimum absolute atomic E-state index is 0.0314. The highest BCUT2D eigenvalue weighted by atomic mass is 16.5. The first-order valence-electron chi connectivity index (χ1n) is 6.06. The number of rotatable bonds is 3. The summed E-state index contributed by atoms with van der Waals surface area (Å²) in [5, 5.41) is 3.93. The molecule has 1 aromatic heterocycles. The third kappa shape index (κ3) is 2.09. The van der Waals surface area contributed by atoms with Crippen molar-refractivity contribution in [1.82, 2.24) is 10.1 Å². The van der Waals surface area contributed by atoms with E-state index in [1.807, 2.05) is 25.1 Å². The van der Waals surface area contributed by atoms with Gasteiger partial charge < -0.3 is 15.0 Å². The number of nitrogens with zero attached hydrogens (tertiary/aromatic N) is 2. The van der Waals surface area contributed by atoms with Gasteiger partial charge in [-0.05, 0) is 30.7 Å². The van der Waals surface area contributed by atoms with Crippen LogP contribution in [0.1, 0.15) is 18.3 Å². The van der Waals surface area contributed by atoms with Crippen molar-refractivity contribution >= 4 is 0 Å². The molecular weight excluding hydrogens is 230 g/mol. The van der Waals surface area contributed by atoms with Gasteiger partial charge in [0.15, 0.2) is 5.82 Å². The molecule has 94 valence electrons. The molecule has 0 spiro atoms. The van der Waals surface area contributed by atoms with Gasteiger partial charge in [-0.2, -0.15) is 4.98 Å². The molecule has 1 aliphatic heterocycles. The fourth-order valence-corrected chi connectivity index (χ4v) is 2.06. The van der Waals surface area contributed by atoms with E-state index in [0.29, 0.717) is 18.1 Å². The Balaban J connectivity index is 1.88. The number of aromatic nitrogens is 2. The highest BCUT2D eigenvalue weighted by molar-refractivity contribution is 5.58. The molecule has 2 aromatic rings.